The summed E-state index contributed by atoms with van der Waals surface area (Å²) in [5.41, 5.74) is 4.76. The van der Waals surface area contributed by atoms with Crippen LogP contribution in [0.2, 0.25) is 0 Å². The van der Waals surface area contributed by atoms with Gasteiger partial charge in [0.2, 0.25) is 5.91 Å². The minimum absolute atomic E-state index is 0.0688. The Bertz CT molecular complexity index is 953. The summed E-state index contributed by atoms with van der Waals surface area (Å²) < 4.78 is 18.6. The summed E-state index contributed by atoms with van der Waals surface area (Å²) in [5.74, 6) is -0.562. The minimum Gasteiger partial charge on any atom is -0.494 e. The van der Waals surface area contributed by atoms with Crippen molar-refractivity contribution in [1.29, 1.82) is 0 Å². The zero-order chi connectivity index (χ0) is 18.7. The Hall–Kier alpha value is -2.73. The number of nitrogens with one attached hydrogen (secondary N) is 1. The number of hydrogen-bond acceptors (Lipinski definition) is 4. The third-order valence-electron chi connectivity index (χ3n) is 4.00. The molecule has 1 heterocycles. The van der Waals surface area contributed by atoms with E-state index in [2.05, 4.69) is 28.5 Å². The number of rotatable bonds is 5. The Morgan fingerprint density at radius 1 is 1.23 bits per heavy atom. The summed E-state index contributed by atoms with van der Waals surface area (Å²) in [6, 6.07) is 10.7. The van der Waals surface area contributed by atoms with Gasteiger partial charge in [-0.3, -0.25) is 4.79 Å². The van der Waals surface area contributed by atoms with Crippen LogP contribution in [0, 0.1) is 19.7 Å². The second-order valence-corrected chi connectivity index (χ2v) is 6.91. The maximum absolute atomic E-state index is 13.7. The van der Waals surface area contributed by atoms with Gasteiger partial charge < -0.3 is 10.1 Å². The smallest absolute Gasteiger partial charge is 0.230 e. The van der Waals surface area contributed by atoms with Crippen LogP contribution in [-0.4, -0.2) is 18.0 Å². The monoisotopic (exact) mass is 370 g/mol. The van der Waals surface area contributed by atoms with Gasteiger partial charge in [-0.2, -0.15) is 0 Å². The van der Waals surface area contributed by atoms with Crippen LogP contribution in [0.15, 0.2) is 41.8 Å². The van der Waals surface area contributed by atoms with Gasteiger partial charge >= 0.3 is 0 Å². The summed E-state index contributed by atoms with van der Waals surface area (Å²) >= 11 is 1.37. The van der Waals surface area contributed by atoms with E-state index in [0.29, 0.717) is 10.7 Å². The molecular formula is C20H19FN2O2S. The van der Waals surface area contributed by atoms with Gasteiger partial charge in [-0.1, -0.05) is 23.8 Å². The zero-order valence-electron chi connectivity index (χ0n) is 14.8. The number of ether oxygens (including phenoxy) is 1. The van der Waals surface area contributed by atoms with Crippen molar-refractivity contribution in [3.8, 4) is 17.0 Å². The fraction of sp³-hybridized carbons (Fsp3) is 0.200. The maximum Gasteiger partial charge on any atom is 0.230 e. The van der Waals surface area contributed by atoms with Gasteiger partial charge in [0, 0.05) is 10.9 Å². The van der Waals surface area contributed by atoms with Crippen molar-refractivity contribution in [2.24, 2.45) is 0 Å². The van der Waals surface area contributed by atoms with E-state index in [0.717, 1.165) is 22.4 Å². The van der Waals surface area contributed by atoms with Crippen LogP contribution in [0.5, 0.6) is 5.75 Å². The molecule has 3 aromatic rings. The highest BCUT2D eigenvalue weighted by Gasteiger charge is 2.12. The number of carbonyl (C=O) groups is 1. The molecule has 1 amide bonds. The number of anilines is 1. The molecule has 0 fully saturated rings. The average molecular weight is 370 g/mol. The molecule has 0 radical (unpaired) electrons. The molecule has 0 aliphatic rings. The van der Waals surface area contributed by atoms with E-state index in [1.165, 1.54) is 30.6 Å². The molecular weight excluding hydrogens is 351 g/mol. The summed E-state index contributed by atoms with van der Waals surface area (Å²) in [6.45, 7) is 4.07. The predicted molar refractivity (Wildman–Crippen MR) is 102 cm³/mol. The third kappa shape index (κ3) is 4.08. The van der Waals surface area contributed by atoms with Gasteiger partial charge in [-0.25, -0.2) is 9.37 Å². The van der Waals surface area contributed by atoms with Crippen molar-refractivity contribution in [2.75, 3.05) is 12.4 Å². The molecule has 0 spiro atoms. The topological polar surface area (TPSA) is 51.2 Å². The van der Waals surface area contributed by atoms with Crippen molar-refractivity contribution in [1.82, 2.24) is 4.98 Å². The molecule has 0 bridgehead atoms. The number of thiazole rings is 1. The first-order valence-electron chi connectivity index (χ1n) is 8.11. The molecule has 4 nitrogen and oxygen atoms in total. The highest BCUT2D eigenvalue weighted by atomic mass is 32.1. The Balaban J connectivity index is 1.70. The van der Waals surface area contributed by atoms with E-state index in [-0.39, 0.29) is 18.1 Å². The number of benzene rings is 2. The van der Waals surface area contributed by atoms with Crippen LogP contribution in [0.25, 0.3) is 11.3 Å². The van der Waals surface area contributed by atoms with E-state index in [1.807, 2.05) is 19.2 Å². The molecule has 2 aromatic carbocycles. The molecule has 0 saturated carbocycles. The number of carbonyl (C=O) groups excluding carboxylic acids is 1. The van der Waals surface area contributed by atoms with Crippen LogP contribution in [0.3, 0.4) is 0 Å². The molecule has 6 heteroatoms. The molecule has 1 aromatic heterocycles. The van der Waals surface area contributed by atoms with Gasteiger partial charge in [-0.05, 0) is 43.2 Å². The van der Waals surface area contributed by atoms with Crippen molar-refractivity contribution < 1.29 is 13.9 Å². The van der Waals surface area contributed by atoms with E-state index in [1.54, 1.807) is 6.07 Å². The van der Waals surface area contributed by atoms with Crippen LogP contribution >= 0.6 is 11.3 Å². The van der Waals surface area contributed by atoms with Crippen molar-refractivity contribution in [2.45, 2.75) is 20.3 Å². The summed E-state index contributed by atoms with van der Waals surface area (Å²) in [7, 11) is 1.40. The lowest BCUT2D eigenvalue weighted by Crippen LogP contribution is -2.14. The first-order valence-corrected chi connectivity index (χ1v) is 8.99. The maximum atomic E-state index is 13.7. The van der Waals surface area contributed by atoms with Crippen LogP contribution in [0.1, 0.15) is 16.7 Å². The van der Waals surface area contributed by atoms with E-state index in [9.17, 15) is 9.18 Å². The Morgan fingerprint density at radius 3 is 2.77 bits per heavy atom. The number of methoxy groups -OCH3 is 1. The zero-order valence-corrected chi connectivity index (χ0v) is 15.6. The fourth-order valence-electron chi connectivity index (χ4n) is 2.64. The summed E-state index contributed by atoms with van der Waals surface area (Å²) in [4.78, 5) is 16.7. The number of aromatic nitrogens is 1. The molecule has 0 atom stereocenters. The molecule has 3 rings (SSSR count). The summed E-state index contributed by atoms with van der Waals surface area (Å²) in [5, 5.41) is 5.23. The number of halogens is 1. The Labute approximate surface area is 155 Å². The lowest BCUT2D eigenvalue weighted by molar-refractivity contribution is -0.115. The normalized spacial score (nSPS) is 10.6. The first kappa shape index (κ1) is 18.1. The largest absolute Gasteiger partial charge is 0.494 e. The van der Waals surface area contributed by atoms with E-state index >= 15 is 0 Å². The highest BCUT2D eigenvalue weighted by Crippen LogP contribution is 2.28. The number of nitrogens with zero attached hydrogens (tertiary/aromatic N) is 1. The standard InChI is InChI=1S/C20H19FN2O2S/c1-12-4-5-13(2)15(8-12)17-11-26-20(22-17)23-19(24)10-14-6-7-18(25-3)16(21)9-14/h4-9,11H,10H2,1-3H3,(H,22,23,24). The van der Waals surface area contributed by atoms with Crippen LogP contribution in [-0.2, 0) is 11.2 Å². The molecule has 0 aliphatic heterocycles. The molecule has 134 valence electrons. The first-order chi connectivity index (χ1) is 12.5. The Morgan fingerprint density at radius 2 is 2.04 bits per heavy atom. The van der Waals surface area contributed by atoms with E-state index in [4.69, 9.17) is 4.74 Å². The lowest BCUT2D eigenvalue weighted by atomic mass is 10.0. The number of amides is 1. The van der Waals surface area contributed by atoms with Crippen molar-refractivity contribution in [3.63, 3.8) is 0 Å². The Kier molecular flexibility index (Phi) is 5.32. The average Bonchev–Trinajstić information content (AvgIpc) is 3.05. The van der Waals surface area contributed by atoms with Crippen LogP contribution < -0.4 is 10.1 Å². The molecule has 0 unspecified atom stereocenters. The predicted octanol–water partition coefficient (Wildman–Crippen LogP) is 4.76. The number of hydrogen-bond donors (Lipinski definition) is 1. The molecule has 0 saturated heterocycles. The van der Waals surface area contributed by atoms with Gasteiger partial charge in [0.25, 0.3) is 0 Å². The van der Waals surface area contributed by atoms with Gasteiger partial charge in [-0.15, -0.1) is 11.3 Å². The second-order valence-electron chi connectivity index (χ2n) is 6.05. The highest BCUT2D eigenvalue weighted by molar-refractivity contribution is 7.14. The minimum atomic E-state index is -0.482. The lowest BCUT2D eigenvalue weighted by Gasteiger charge is -2.06. The SMILES string of the molecule is COc1ccc(CC(=O)Nc2nc(-c3cc(C)ccc3C)cs2)cc1F. The van der Waals surface area contributed by atoms with E-state index < -0.39 is 5.82 Å². The quantitative estimate of drug-likeness (QED) is 0.705. The van der Waals surface area contributed by atoms with Gasteiger partial charge in [0.1, 0.15) is 0 Å². The second kappa shape index (κ2) is 7.66. The summed E-state index contributed by atoms with van der Waals surface area (Å²) in [6.07, 6.45) is 0.0688. The van der Waals surface area contributed by atoms with Crippen molar-refractivity contribution >= 4 is 22.4 Å². The third-order valence-corrected chi connectivity index (χ3v) is 4.76. The van der Waals surface area contributed by atoms with Crippen molar-refractivity contribution in [3.05, 3.63) is 64.3 Å². The van der Waals surface area contributed by atoms with Gasteiger partial charge in [0.15, 0.2) is 16.7 Å². The molecule has 0 aliphatic carbocycles. The van der Waals surface area contributed by atoms with Crippen LogP contribution in [0.4, 0.5) is 9.52 Å². The fourth-order valence-corrected chi connectivity index (χ4v) is 3.36. The van der Waals surface area contributed by atoms with Gasteiger partial charge in [0.05, 0.1) is 19.2 Å². The molecule has 1 N–H and O–H groups in total. The number of aryl methyl sites for hydroxylation is 2. The molecule has 26 heavy (non-hydrogen) atoms.